The molecule has 0 atom stereocenters. The van der Waals surface area contributed by atoms with E-state index in [1.807, 2.05) is 0 Å². The van der Waals surface area contributed by atoms with E-state index in [0.717, 1.165) is 19.3 Å². The van der Waals surface area contributed by atoms with Crippen LogP contribution in [0.2, 0.25) is 0 Å². The molecule has 0 heterocycles. The lowest BCUT2D eigenvalue weighted by Gasteiger charge is -2.34. The van der Waals surface area contributed by atoms with Crippen molar-refractivity contribution in [2.45, 2.75) is 102 Å². The van der Waals surface area contributed by atoms with Crippen molar-refractivity contribution < 1.29 is 9.90 Å². The van der Waals surface area contributed by atoms with E-state index in [-0.39, 0.29) is 5.41 Å². The summed E-state index contributed by atoms with van der Waals surface area (Å²) >= 11 is 0. The van der Waals surface area contributed by atoms with E-state index >= 15 is 0 Å². The lowest BCUT2D eigenvalue weighted by Crippen LogP contribution is -2.27. The fourth-order valence-corrected chi connectivity index (χ4v) is 4.85. The molecule has 2 rings (SSSR count). The molecule has 0 aliphatic carbocycles. The second kappa shape index (κ2) is 14.8. The number of hydrogen-bond acceptors (Lipinski definition) is 1. The summed E-state index contributed by atoms with van der Waals surface area (Å²) in [4.78, 5) is 10.5. The van der Waals surface area contributed by atoms with Crippen LogP contribution in [0.1, 0.15) is 108 Å². The van der Waals surface area contributed by atoms with Gasteiger partial charge < -0.3 is 5.11 Å². The zero-order valence-electron chi connectivity index (χ0n) is 19.5. The van der Waals surface area contributed by atoms with Crippen LogP contribution in [-0.4, -0.2) is 11.1 Å². The van der Waals surface area contributed by atoms with Crippen LogP contribution in [-0.2, 0) is 10.2 Å². The lowest BCUT2D eigenvalue weighted by atomic mass is 9.69. The molecule has 2 heteroatoms. The Morgan fingerprint density at radius 2 is 1.03 bits per heavy atom. The molecule has 0 saturated carbocycles. The molecule has 0 spiro atoms. The van der Waals surface area contributed by atoms with Crippen LogP contribution in [0.4, 0.5) is 0 Å². The van der Waals surface area contributed by atoms with Crippen LogP contribution in [0.3, 0.4) is 0 Å². The summed E-state index contributed by atoms with van der Waals surface area (Å²) in [6.07, 6.45) is 16.3. The summed E-state index contributed by atoms with van der Waals surface area (Å²) in [7, 11) is 0. The van der Waals surface area contributed by atoms with Gasteiger partial charge >= 0.3 is 5.97 Å². The number of rotatable bonds is 17. The third-order valence-electron chi connectivity index (χ3n) is 6.75. The Labute approximate surface area is 190 Å². The lowest BCUT2D eigenvalue weighted by molar-refractivity contribution is -0.137. The van der Waals surface area contributed by atoms with Crippen LogP contribution in [0, 0.1) is 0 Å². The minimum atomic E-state index is -0.663. The molecular formula is C29H42O2. The molecule has 0 aliphatic heterocycles. The molecule has 0 amide bonds. The average Bonchev–Trinajstić information content (AvgIpc) is 2.80. The minimum Gasteiger partial charge on any atom is -0.481 e. The Kier molecular flexibility index (Phi) is 12.0. The predicted octanol–water partition coefficient (Wildman–Crippen LogP) is 8.54. The van der Waals surface area contributed by atoms with Gasteiger partial charge in [-0.1, -0.05) is 132 Å². The van der Waals surface area contributed by atoms with E-state index in [2.05, 4.69) is 67.6 Å². The van der Waals surface area contributed by atoms with Gasteiger partial charge in [0.05, 0.1) is 0 Å². The van der Waals surface area contributed by atoms with E-state index in [1.54, 1.807) is 0 Å². The number of unbranched alkanes of at least 4 members (excludes halogenated alkanes) is 10. The van der Waals surface area contributed by atoms with E-state index in [9.17, 15) is 4.79 Å². The van der Waals surface area contributed by atoms with E-state index < -0.39 is 5.97 Å². The van der Waals surface area contributed by atoms with Gasteiger partial charge in [-0.15, -0.1) is 0 Å². The van der Waals surface area contributed by atoms with Crippen molar-refractivity contribution in [3.63, 3.8) is 0 Å². The monoisotopic (exact) mass is 422 g/mol. The van der Waals surface area contributed by atoms with Crippen LogP contribution >= 0.6 is 0 Å². The predicted molar refractivity (Wildman–Crippen MR) is 132 cm³/mol. The number of benzene rings is 2. The highest BCUT2D eigenvalue weighted by Crippen LogP contribution is 2.40. The zero-order valence-corrected chi connectivity index (χ0v) is 19.5. The summed E-state index contributed by atoms with van der Waals surface area (Å²) in [5.41, 5.74) is 3.03. The van der Waals surface area contributed by atoms with Gasteiger partial charge in [-0.05, 0) is 30.4 Å². The van der Waals surface area contributed by atoms with Crippen LogP contribution in [0.25, 0.3) is 0 Å². The van der Waals surface area contributed by atoms with E-state index in [0.29, 0.717) is 6.42 Å². The SMILES string of the molecule is CCC(CCCCCCCCCCCCCC(=O)O)(c1ccccc1)c1ccccc1. The topological polar surface area (TPSA) is 37.3 Å². The van der Waals surface area contributed by atoms with E-state index in [1.165, 1.54) is 75.3 Å². The van der Waals surface area contributed by atoms with Crippen molar-refractivity contribution in [2.75, 3.05) is 0 Å². The van der Waals surface area contributed by atoms with Crippen LogP contribution in [0.15, 0.2) is 60.7 Å². The number of aliphatic carboxylic acids is 1. The molecule has 0 aliphatic rings. The largest absolute Gasteiger partial charge is 0.481 e. The van der Waals surface area contributed by atoms with Crippen molar-refractivity contribution in [3.05, 3.63) is 71.8 Å². The molecule has 0 radical (unpaired) electrons. The first-order valence-corrected chi connectivity index (χ1v) is 12.5. The van der Waals surface area contributed by atoms with Gasteiger partial charge in [-0.25, -0.2) is 0 Å². The molecule has 0 fully saturated rings. The summed E-state index contributed by atoms with van der Waals surface area (Å²) in [6.45, 7) is 2.33. The van der Waals surface area contributed by atoms with Gasteiger partial charge in [0.2, 0.25) is 0 Å². The van der Waals surface area contributed by atoms with Gasteiger partial charge in [0.15, 0.2) is 0 Å². The van der Waals surface area contributed by atoms with Gasteiger partial charge in [0, 0.05) is 11.8 Å². The second-order valence-electron chi connectivity index (χ2n) is 8.95. The smallest absolute Gasteiger partial charge is 0.303 e. The molecule has 0 aromatic heterocycles. The second-order valence-corrected chi connectivity index (χ2v) is 8.95. The number of carboxylic acids is 1. The van der Waals surface area contributed by atoms with Gasteiger partial charge in [0.1, 0.15) is 0 Å². The van der Waals surface area contributed by atoms with Gasteiger partial charge in [-0.2, -0.15) is 0 Å². The molecule has 170 valence electrons. The Hall–Kier alpha value is -2.09. The molecule has 0 saturated heterocycles. The highest BCUT2D eigenvalue weighted by atomic mass is 16.4. The maximum Gasteiger partial charge on any atom is 0.303 e. The Balaban J connectivity index is 1.67. The third kappa shape index (κ3) is 8.89. The molecule has 0 bridgehead atoms. The first-order chi connectivity index (χ1) is 15.2. The first-order valence-electron chi connectivity index (χ1n) is 12.5. The van der Waals surface area contributed by atoms with Crippen molar-refractivity contribution in [2.24, 2.45) is 0 Å². The highest BCUT2D eigenvalue weighted by molar-refractivity contribution is 5.66. The number of hydrogen-bond donors (Lipinski definition) is 1. The van der Waals surface area contributed by atoms with Crippen molar-refractivity contribution in [1.29, 1.82) is 0 Å². The van der Waals surface area contributed by atoms with Gasteiger partial charge in [-0.3, -0.25) is 4.79 Å². The Bertz CT molecular complexity index is 669. The van der Waals surface area contributed by atoms with Crippen LogP contribution in [0.5, 0.6) is 0 Å². The maximum absolute atomic E-state index is 10.5. The fraction of sp³-hybridized carbons (Fsp3) is 0.552. The quantitative estimate of drug-likeness (QED) is 0.259. The molecule has 2 nitrogen and oxygen atoms in total. The summed E-state index contributed by atoms with van der Waals surface area (Å²) < 4.78 is 0. The maximum atomic E-state index is 10.5. The fourth-order valence-electron chi connectivity index (χ4n) is 4.85. The third-order valence-corrected chi connectivity index (χ3v) is 6.75. The van der Waals surface area contributed by atoms with Crippen molar-refractivity contribution in [3.8, 4) is 0 Å². The highest BCUT2D eigenvalue weighted by Gasteiger charge is 2.31. The molecule has 2 aromatic carbocycles. The van der Waals surface area contributed by atoms with E-state index in [4.69, 9.17) is 5.11 Å². The van der Waals surface area contributed by atoms with Crippen LogP contribution < -0.4 is 0 Å². The van der Waals surface area contributed by atoms with Crippen molar-refractivity contribution >= 4 is 5.97 Å². The normalized spacial score (nSPS) is 11.5. The molecular weight excluding hydrogens is 380 g/mol. The first kappa shape index (κ1) is 25.2. The Morgan fingerprint density at radius 3 is 1.42 bits per heavy atom. The molecule has 1 N–H and O–H groups in total. The number of carbonyl (C=O) groups is 1. The standard InChI is InChI=1S/C29H42O2/c1-2-29(26-20-14-12-15-21-26,27-22-16-13-17-23-27)25-19-11-9-7-5-3-4-6-8-10-18-24-28(30)31/h12-17,20-23H,2-11,18-19,24-25H2,1H3,(H,30,31). The summed E-state index contributed by atoms with van der Waals surface area (Å²) in [5.74, 6) is -0.663. The zero-order chi connectivity index (χ0) is 22.2. The Morgan fingerprint density at radius 1 is 0.645 bits per heavy atom. The minimum absolute atomic E-state index is 0.128. The van der Waals surface area contributed by atoms with Crippen molar-refractivity contribution in [1.82, 2.24) is 0 Å². The summed E-state index contributed by atoms with van der Waals surface area (Å²) in [6, 6.07) is 22.1. The molecule has 0 unspecified atom stereocenters. The van der Waals surface area contributed by atoms with Gasteiger partial charge in [0.25, 0.3) is 0 Å². The number of carboxylic acid groups (broad SMARTS) is 1. The average molecular weight is 423 g/mol. The molecule has 31 heavy (non-hydrogen) atoms. The molecule has 2 aromatic rings. The summed E-state index contributed by atoms with van der Waals surface area (Å²) in [5, 5.41) is 8.65.